The van der Waals surface area contributed by atoms with Gasteiger partial charge in [0.2, 0.25) is 0 Å². The fourth-order valence-electron chi connectivity index (χ4n) is 1.56. The lowest BCUT2D eigenvalue weighted by molar-refractivity contribution is -0.136. The lowest BCUT2D eigenvalue weighted by Gasteiger charge is -2.04. The highest BCUT2D eigenvalue weighted by molar-refractivity contribution is 9.10. The number of rotatable bonds is 3. The quantitative estimate of drug-likeness (QED) is 0.389. The van der Waals surface area contributed by atoms with E-state index in [1.165, 1.54) is 12.3 Å². The van der Waals surface area contributed by atoms with Gasteiger partial charge >= 0.3 is 11.8 Å². The second-order valence-corrected chi connectivity index (χ2v) is 6.19. The Morgan fingerprint density at radius 3 is 2.35 bits per heavy atom. The molecule has 0 atom stereocenters. The molecule has 0 aliphatic heterocycles. The maximum Gasteiger partial charge on any atom is 0.329 e. The molecule has 6 nitrogen and oxygen atoms in total. The normalized spacial score (nSPS) is 10.5. The predicted octanol–water partition coefficient (Wildman–Crippen LogP) is 3.01. The molecule has 0 radical (unpaired) electrons. The Kier molecular flexibility index (Phi) is 5.89. The van der Waals surface area contributed by atoms with Crippen LogP contribution in [0.4, 0.5) is 5.69 Å². The number of hydrogen-bond acceptors (Lipinski definition) is 4. The van der Waals surface area contributed by atoms with Gasteiger partial charge < -0.3 is 10.4 Å². The first-order valence-corrected chi connectivity index (χ1v) is 7.93. The molecule has 118 valence electrons. The van der Waals surface area contributed by atoms with Crippen molar-refractivity contribution < 1.29 is 14.7 Å². The number of aromatic hydroxyl groups is 1. The first kappa shape index (κ1) is 17.2. The predicted molar refractivity (Wildman–Crippen MR) is 94.3 cm³/mol. The van der Waals surface area contributed by atoms with Gasteiger partial charge in [0, 0.05) is 20.2 Å². The van der Waals surface area contributed by atoms with E-state index in [9.17, 15) is 14.7 Å². The van der Waals surface area contributed by atoms with Crippen molar-refractivity contribution in [2.24, 2.45) is 5.10 Å². The summed E-state index contributed by atoms with van der Waals surface area (Å²) in [6.07, 6.45) is 1.24. The number of carbonyl (C=O) groups is 2. The van der Waals surface area contributed by atoms with E-state index in [0.717, 1.165) is 8.95 Å². The fraction of sp³-hybridized carbons (Fsp3) is 0. The van der Waals surface area contributed by atoms with Crippen LogP contribution in [0.15, 0.2) is 56.5 Å². The van der Waals surface area contributed by atoms with Crippen LogP contribution in [0.5, 0.6) is 5.75 Å². The monoisotopic (exact) mass is 439 g/mol. The minimum atomic E-state index is -0.918. The molecule has 8 heteroatoms. The van der Waals surface area contributed by atoms with Gasteiger partial charge in [-0.1, -0.05) is 31.9 Å². The Bertz CT molecular complexity index is 761. The Hall–Kier alpha value is -2.19. The lowest BCUT2D eigenvalue weighted by Crippen LogP contribution is -2.32. The van der Waals surface area contributed by atoms with E-state index < -0.39 is 11.8 Å². The van der Waals surface area contributed by atoms with Gasteiger partial charge in [-0.2, -0.15) is 5.10 Å². The Labute approximate surface area is 148 Å². The summed E-state index contributed by atoms with van der Waals surface area (Å²) in [5, 5.41) is 15.7. The molecular weight excluding hydrogens is 430 g/mol. The number of hydrazone groups is 1. The molecule has 0 fully saturated rings. The van der Waals surface area contributed by atoms with Gasteiger partial charge in [0.25, 0.3) is 0 Å². The van der Waals surface area contributed by atoms with Gasteiger partial charge in [0.05, 0.1) is 6.21 Å². The summed E-state index contributed by atoms with van der Waals surface area (Å²) in [5.74, 6) is -1.76. The number of anilines is 1. The summed E-state index contributed by atoms with van der Waals surface area (Å²) < 4.78 is 1.61. The second-order valence-electron chi connectivity index (χ2n) is 4.36. The van der Waals surface area contributed by atoms with Crippen molar-refractivity contribution in [2.45, 2.75) is 0 Å². The Morgan fingerprint density at radius 2 is 1.65 bits per heavy atom. The van der Waals surface area contributed by atoms with E-state index in [-0.39, 0.29) is 5.75 Å². The van der Waals surface area contributed by atoms with Crippen molar-refractivity contribution >= 4 is 55.6 Å². The van der Waals surface area contributed by atoms with E-state index in [1.807, 2.05) is 0 Å². The molecule has 0 aromatic heterocycles. The van der Waals surface area contributed by atoms with Crippen LogP contribution in [-0.2, 0) is 9.59 Å². The molecule has 0 spiro atoms. The number of nitrogens with zero attached hydrogens (tertiary/aromatic N) is 1. The number of benzene rings is 2. The van der Waals surface area contributed by atoms with Crippen LogP contribution < -0.4 is 10.7 Å². The summed E-state index contributed by atoms with van der Waals surface area (Å²) >= 11 is 6.53. The van der Waals surface area contributed by atoms with Crippen LogP contribution in [0.2, 0.25) is 0 Å². The zero-order valence-electron chi connectivity index (χ0n) is 11.6. The maximum absolute atomic E-state index is 11.7. The first-order chi connectivity index (χ1) is 11.0. The molecule has 2 aromatic carbocycles. The Balaban J connectivity index is 1.93. The maximum atomic E-state index is 11.7. The molecule has 0 heterocycles. The largest absolute Gasteiger partial charge is 0.507 e. The smallest absolute Gasteiger partial charge is 0.329 e. The van der Waals surface area contributed by atoms with Crippen LogP contribution in [-0.4, -0.2) is 23.1 Å². The van der Waals surface area contributed by atoms with Crippen molar-refractivity contribution in [2.75, 3.05) is 5.32 Å². The van der Waals surface area contributed by atoms with Crippen LogP contribution in [0, 0.1) is 0 Å². The number of hydrogen-bond donors (Lipinski definition) is 3. The molecule has 2 rings (SSSR count). The zero-order chi connectivity index (χ0) is 16.8. The van der Waals surface area contributed by atoms with Crippen molar-refractivity contribution in [3.63, 3.8) is 0 Å². The van der Waals surface area contributed by atoms with Crippen molar-refractivity contribution in [3.8, 4) is 5.75 Å². The SMILES string of the molecule is O=C(N/N=C\c1cc(Br)ccc1O)C(=O)Nc1ccc(Br)cc1. The van der Waals surface area contributed by atoms with Crippen LogP contribution in [0.25, 0.3) is 0 Å². The molecule has 23 heavy (non-hydrogen) atoms. The van der Waals surface area contributed by atoms with Crippen LogP contribution in [0.1, 0.15) is 5.56 Å². The van der Waals surface area contributed by atoms with Gasteiger partial charge in [0.1, 0.15) is 5.75 Å². The third-order valence-electron chi connectivity index (χ3n) is 2.67. The molecule has 0 aliphatic rings. The number of carbonyl (C=O) groups excluding carboxylic acids is 2. The summed E-state index contributed by atoms with van der Waals surface area (Å²) in [5.41, 5.74) is 2.98. The van der Waals surface area contributed by atoms with Gasteiger partial charge in [-0.3, -0.25) is 9.59 Å². The molecule has 0 saturated carbocycles. The number of nitrogens with one attached hydrogen (secondary N) is 2. The Morgan fingerprint density at radius 1 is 1.00 bits per heavy atom. The highest BCUT2D eigenvalue weighted by atomic mass is 79.9. The number of phenols is 1. The molecule has 0 unspecified atom stereocenters. The average Bonchev–Trinajstić information content (AvgIpc) is 2.52. The molecule has 2 aromatic rings. The standard InChI is InChI=1S/C15H11Br2N3O3/c16-10-1-4-12(5-2-10)19-14(22)15(23)20-18-8-9-7-11(17)3-6-13(9)21/h1-8,21H,(H,19,22)(H,20,23)/b18-8-. The highest BCUT2D eigenvalue weighted by Gasteiger charge is 2.12. The van der Waals surface area contributed by atoms with E-state index in [2.05, 4.69) is 47.7 Å². The minimum Gasteiger partial charge on any atom is -0.507 e. The van der Waals surface area contributed by atoms with E-state index in [0.29, 0.717) is 11.3 Å². The van der Waals surface area contributed by atoms with Gasteiger partial charge in [-0.05, 0) is 42.5 Å². The molecule has 0 saturated heterocycles. The van der Waals surface area contributed by atoms with Gasteiger partial charge in [-0.15, -0.1) is 0 Å². The van der Waals surface area contributed by atoms with Gasteiger partial charge in [0.15, 0.2) is 0 Å². The van der Waals surface area contributed by atoms with E-state index in [1.54, 1.807) is 36.4 Å². The molecule has 2 amide bonds. The number of halogens is 2. The van der Waals surface area contributed by atoms with E-state index in [4.69, 9.17) is 0 Å². The van der Waals surface area contributed by atoms with Crippen molar-refractivity contribution in [1.82, 2.24) is 5.43 Å². The highest BCUT2D eigenvalue weighted by Crippen LogP contribution is 2.19. The summed E-state index contributed by atoms with van der Waals surface area (Å²) in [6, 6.07) is 11.5. The summed E-state index contributed by atoms with van der Waals surface area (Å²) in [4.78, 5) is 23.3. The summed E-state index contributed by atoms with van der Waals surface area (Å²) in [6.45, 7) is 0. The fourth-order valence-corrected chi connectivity index (χ4v) is 2.20. The van der Waals surface area contributed by atoms with Gasteiger partial charge in [-0.25, -0.2) is 5.43 Å². The lowest BCUT2D eigenvalue weighted by atomic mass is 10.2. The molecule has 0 aliphatic carbocycles. The first-order valence-electron chi connectivity index (χ1n) is 6.34. The topological polar surface area (TPSA) is 90.8 Å². The molecule has 0 bridgehead atoms. The molecular formula is C15H11Br2N3O3. The van der Waals surface area contributed by atoms with Crippen molar-refractivity contribution in [1.29, 1.82) is 0 Å². The van der Waals surface area contributed by atoms with Crippen LogP contribution in [0.3, 0.4) is 0 Å². The number of amides is 2. The molecule has 3 N–H and O–H groups in total. The average molecular weight is 441 g/mol. The minimum absolute atomic E-state index is 0.00510. The van der Waals surface area contributed by atoms with E-state index >= 15 is 0 Å². The van der Waals surface area contributed by atoms with Crippen molar-refractivity contribution in [3.05, 3.63) is 57.0 Å². The third-order valence-corrected chi connectivity index (χ3v) is 3.69. The second kappa shape index (κ2) is 7.89. The zero-order valence-corrected chi connectivity index (χ0v) is 14.8. The number of phenolic OH excluding ortho intramolecular Hbond substituents is 1. The summed E-state index contributed by atoms with van der Waals surface area (Å²) in [7, 11) is 0. The third kappa shape index (κ3) is 5.19. The van der Waals surface area contributed by atoms with Crippen LogP contribution >= 0.6 is 31.9 Å².